The number of carboxylic acids is 1. The lowest BCUT2D eigenvalue weighted by atomic mass is 10.1. The standard InChI is InChI=1S/C22H24N4O2.C2HF3O2/c1-24(2)13-16-6-5-7-17(12-16)21(27)25-11-10-18(14-25)26-15-23-20-9-4-3-8-19(20)22(26)28;3-2(4,5)1(6)7/h3-9,12,15,18H,10-11,13-14H2,1-2H3;(H,6,7). The van der Waals surface area contributed by atoms with Crippen molar-refractivity contribution >= 4 is 22.8 Å². The number of para-hydroxylation sites is 1. The third kappa shape index (κ3) is 6.44. The lowest BCUT2D eigenvalue weighted by Gasteiger charge is -2.18. The van der Waals surface area contributed by atoms with E-state index in [2.05, 4.69) is 9.88 Å². The Morgan fingerprint density at radius 2 is 1.83 bits per heavy atom. The van der Waals surface area contributed by atoms with Crippen LogP contribution in [-0.2, 0) is 11.3 Å². The van der Waals surface area contributed by atoms with Crippen LogP contribution in [0.15, 0.2) is 59.7 Å². The third-order valence-corrected chi connectivity index (χ3v) is 5.45. The van der Waals surface area contributed by atoms with E-state index >= 15 is 0 Å². The van der Waals surface area contributed by atoms with Crippen LogP contribution in [-0.4, -0.2) is 69.7 Å². The zero-order chi connectivity index (χ0) is 25.8. The number of hydrogen-bond acceptors (Lipinski definition) is 5. The average molecular weight is 490 g/mol. The summed E-state index contributed by atoms with van der Waals surface area (Å²) >= 11 is 0. The van der Waals surface area contributed by atoms with Gasteiger partial charge in [0.1, 0.15) is 0 Å². The summed E-state index contributed by atoms with van der Waals surface area (Å²) in [7, 11) is 4.02. The van der Waals surface area contributed by atoms with Crippen molar-refractivity contribution in [3.63, 3.8) is 0 Å². The molecule has 1 aliphatic rings. The third-order valence-electron chi connectivity index (χ3n) is 5.45. The Bertz CT molecular complexity index is 1270. The molecule has 0 spiro atoms. The van der Waals surface area contributed by atoms with Crippen LogP contribution in [0.4, 0.5) is 13.2 Å². The quantitative estimate of drug-likeness (QED) is 0.604. The molecule has 8 nitrogen and oxygen atoms in total. The molecule has 2 heterocycles. The van der Waals surface area contributed by atoms with Gasteiger partial charge < -0.3 is 14.9 Å². The van der Waals surface area contributed by atoms with Crippen molar-refractivity contribution in [1.29, 1.82) is 0 Å². The number of aliphatic carboxylic acids is 1. The van der Waals surface area contributed by atoms with Crippen LogP contribution >= 0.6 is 0 Å². The van der Waals surface area contributed by atoms with Gasteiger partial charge in [0.2, 0.25) is 0 Å². The molecule has 186 valence electrons. The lowest BCUT2D eigenvalue weighted by molar-refractivity contribution is -0.192. The first-order chi connectivity index (χ1) is 16.5. The van der Waals surface area contributed by atoms with Crippen molar-refractivity contribution in [2.75, 3.05) is 27.2 Å². The highest BCUT2D eigenvalue weighted by Crippen LogP contribution is 2.23. The minimum atomic E-state index is -5.08. The topological polar surface area (TPSA) is 95.7 Å². The highest BCUT2D eigenvalue weighted by Gasteiger charge is 2.38. The lowest BCUT2D eigenvalue weighted by Crippen LogP contribution is -2.31. The van der Waals surface area contributed by atoms with E-state index in [1.807, 2.05) is 61.5 Å². The molecule has 1 amide bonds. The molecule has 1 unspecified atom stereocenters. The van der Waals surface area contributed by atoms with E-state index in [0.29, 0.717) is 29.6 Å². The van der Waals surface area contributed by atoms with Gasteiger partial charge in [0.25, 0.3) is 11.5 Å². The van der Waals surface area contributed by atoms with Gasteiger partial charge in [-0.05, 0) is 50.3 Å². The van der Waals surface area contributed by atoms with Gasteiger partial charge in [0.15, 0.2) is 0 Å². The summed E-state index contributed by atoms with van der Waals surface area (Å²) in [5.74, 6) is -2.74. The summed E-state index contributed by atoms with van der Waals surface area (Å²) in [6, 6.07) is 15.1. The van der Waals surface area contributed by atoms with E-state index in [-0.39, 0.29) is 17.5 Å². The van der Waals surface area contributed by atoms with Gasteiger partial charge >= 0.3 is 12.1 Å². The summed E-state index contributed by atoms with van der Waals surface area (Å²) in [6.45, 7) is 1.96. The number of likely N-dealkylation sites (tertiary alicyclic amines) is 1. The Morgan fingerprint density at radius 3 is 2.49 bits per heavy atom. The van der Waals surface area contributed by atoms with Crippen LogP contribution in [0, 0.1) is 0 Å². The molecule has 1 atom stereocenters. The van der Waals surface area contributed by atoms with E-state index < -0.39 is 12.1 Å². The van der Waals surface area contributed by atoms with Crippen molar-refractivity contribution in [2.24, 2.45) is 0 Å². The largest absolute Gasteiger partial charge is 0.490 e. The molecule has 2 aromatic carbocycles. The number of hydrogen-bond donors (Lipinski definition) is 1. The molecule has 11 heteroatoms. The van der Waals surface area contributed by atoms with Gasteiger partial charge in [0, 0.05) is 25.2 Å². The number of carbonyl (C=O) groups excluding carboxylic acids is 1. The van der Waals surface area contributed by atoms with E-state index in [9.17, 15) is 22.8 Å². The molecular formula is C24H25F3N4O4. The molecule has 1 fully saturated rings. The van der Waals surface area contributed by atoms with Gasteiger partial charge in [-0.1, -0.05) is 24.3 Å². The molecule has 1 N–H and O–H groups in total. The van der Waals surface area contributed by atoms with Crippen LogP contribution < -0.4 is 5.56 Å². The second-order valence-electron chi connectivity index (χ2n) is 8.41. The number of rotatable bonds is 4. The maximum atomic E-state index is 13.0. The fourth-order valence-corrected chi connectivity index (χ4v) is 3.85. The van der Waals surface area contributed by atoms with Crippen molar-refractivity contribution < 1.29 is 27.9 Å². The van der Waals surface area contributed by atoms with Gasteiger partial charge in [-0.2, -0.15) is 13.2 Å². The molecule has 1 aromatic heterocycles. The summed E-state index contributed by atoms with van der Waals surface area (Å²) in [6.07, 6.45) is -2.72. The van der Waals surface area contributed by atoms with Crippen LogP contribution in [0.2, 0.25) is 0 Å². The molecule has 4 rings (SSSR count). The smallest absolute Gasteiger partial charge is 0.475 e. The summed E-state index contributed by atoms with van der Waals surface area (Å²) in [5.41, 5.74) is 2.47. The molecule has 0 radical (unpaired) electrons. The highest BCUT2D eigenvalue weighted by molar-refractivity contribution is 5.94. The second-order valence-corrected chi connectivity index (χ2v) is 8.41. The van der Waals surface area contributed by atoms with Gasteiger partial charge in [-0.15, -0.1) is 0 Å². The predicted octanol–water partition coefficient (Wildman–Crippen LogP) is 3.18. The van der Waals surface area contributed by atoms with Gasteiger partial charge in [-0.3, -0.25) is 14.2 Å². The number of nitrogens with zero attached hydrogens (tertiary/aromatic N) is 4. The Labute approximate surface area is 199 Å². The maximum Gasteiger partial charge on any atom is 0.490 e. The fourth-order valence-electron chi connectivity index (χ4n) is 3.85. The maximum absolute atomic E-state index is 13.0. The molecule has 0 bridgehead atoms. The number of alkyl halides is 3. The summed E-state index contributed by atoms with van der Waals surface area (Å²) in [4.78, 5) is 43.0. The van der Waals surface area contributed by atoms with Crippen molar-refractivity contribution in [3.05, 3.63) is 76.3 Å². The van der Waals surface area contributed by atoms with Crippen molar-refractivity contribution in [1.82, 2.24) is 19.4 Å². The Morgan fingerprint density at radius 1 is 1.14 bits per heavy atom. The predicted molar refractivity (Wildman–Crippen MR) is 123 cm³/mol. The Hall–Kier alpha value is -3.73. The first-order valence-electron chi connectivity index (χ1n) is 10.8. The SMILES string of the molecule is CN(C)Cc1cccc(C(=O)N2CCC(n3cnc4ccccc4c3=O)C2)c1.O=C(O)C(F)(F)F. The minimum Gasteiger partial charge on any atom is -0.475 e. The zero-order valence-electron chi connectivity index (χ0n) is 19.2. The van der Waals surface area contributed by atoms with Crippen LogP contribution in [0.5, 0.6) is 0 Å². The van der Waals surface area contributed by atoms with E-state index in [1.165, 1.54) is 0 Å². The molecule has 1 saturated heterocycles. The summed E-state index contributed by atoms with van der Waals surface area (Å²) in [5, 5.41) is 7.74. The number of halogens is 3. The van der Waals surface area contributed by atoms with Crippen molar-refractivity contribution in [3.8, 4) is 0 Å². The number of fused-ring (bicyclic) bond motifs is 1. The van der Waals surface area contributed by atoms with E-state index in [1.54, 1.807) is 17.0 Å². The molecule has 0 saturated carbocycles. The molecule has 35 heavy (non-hydrogen) atoms. The van der Waals surface area contributed by atoms with Gasteiger partial charge in [0.05, 0.1) is 23.3 Å². The van der Waals surface area contributed by atoms with Gasteiger partial charge in [-0.25, -0.2) is 9.78 Å². The second kappa shape index (κ2) is 10.7. The number of carboxylic acid groups (broad SMARTS) is 1. The van der Waals surface area contributed by atoms with E-state index in [4.69, 9.17) is 9.90 Å². The number of carbonyl (C=O) groups is 2. The molecular weight excluding hydrogens is 465 g/mol. The fraction of sp³-hybridized carbons (Fsp3) is 0.333. The highest BCUT2D eigenvalue weighted by atomic mass is 19.4. The minimum absolute atomic E-state index is 0.0184. The number of benzene rings is 2. The summed E-state index contributed by atoms with van der Waals surface area (Å²) < 4.78 is 33.4. The zero-order valence-corrected chi connectivity index (χ0v) is 19.2. The monoisotopic (exact) mass is 490 g/mol. The van der Waals surface area contributed by atoms with Crippen LogP contribution in [0.25, 0.3) is 10.9 Å². The first kappa shape index (κ1) is 25.9. The first-order valence-corrected chi connectivity index (χ1v) is 10.8. The Balaban J connectivity index is 0.000000429. The molecule has 0 aliphatic carbocycles. The number of amides is 1. The molecule has 3 aromatic rings. The number of aromatic nitrogens is 2. The molecule has 1 aliphatic heterocycles. The Kier molecular flexibility index (Phi) is 7.90. The normalized spacial score (nSPS) is 15.7. The average Bonchev–Trinajstić information content (AvgIpc) is 3.28. The van der Waals surface area contributed by atoms with E-state index in [0.717, 1.165) is 18.5 Å². The van der Waals surface area contributed by atoms with Crippen LogP contribution in [0.1, 0.15) is 28.4 Å². The van der Waals surface area contributed by atoms with Crippen LogP contribution in [0.3, 0.4) is 0 Å². The van der Waals surface area contributed by atoms with Crippen molar-refractivity contribution in [2.45, 2.75) is 25.2 Å².